The molecule has 0 atom stereocenters. The summed E-state index contributed by atoms with van der Waals surface area (Å²) in [4.78, 5) is 0. The van der Waals surface area contributed by atoms with Crippen LogP contribution in [0.25, 0.3) is 0 Å². The molecule has 0 saturated heterocycles. The van der Waals surface area contributed by atoms with Gasteiger partial charge in [-0.2, -0.15) is 162 Å². The maximum absolute atomic E-state index is 13.9. The molecule has 0 fully saturated rings. The normalized spacial score (nSPS) is 17.4. The van der Waals surface area contributed by atoms with Crippen LogP contribution in [0.2, 0.25) is 0 Å². The molecule has 0 aliphatic heterocycles. The van der Waals surface area contributed by atoms with Gasteiger partial charge in [0.25, 0.3) is 0 Å². The van der Waals surface area contributed by atoms with Gasteiger partial charge in [-0.3, -0.25) is 0 Å². The van der Waals surface area contributed by atoms with E-state index in [4.69, 9.17) is 0 Å². The van der Waals surface area contributed by atoms with Gasteiger partial charge in [-0.05, 0) is 0 Å². The highest BCUT2D eigenvalue weighted by molar-refractivity contribution is 5.23. The van der Waals surface area contributed by atoms with Crippen molar-refractivity contribution in [2.75, 3.05) is 6.61 Å². The largest absolute Gasteiger partial charge is 0.460 e. The molecule has 38 heteroatoms. The molecule has 0 aliphatic carbocycles. The second-order valence-electron chi connectivity index (χ2n) is 10.5. The lowest BCUT2D eigenvalue weighted by atomic mass is 9.82. The molecular formula is C19H2F37O. The molecule has 1 nitrogen and oxygen atoms in total. The molecule has 0 heterocycles. The van der Waals surface area contributed by atoms with Crippen molar-refractivity contribution in [3.05, 3.63) is 0 Å². The third-order valence-corrected chi connectivity index (χ3v) is 6.91. The summed E-state index contributed by atoms with van der Waals surface area (Å²) in [6, 6.07) is 0. The molecule has 0 unspecified atom stereocenters. The third-order valence-electron chi connectivity index (χ3n) is 6.91. The quantitative estimate of drug-likeness (QED) is 0.130. The topological polar surface area (TPSA) is 19.9 Å². The first-order valence-electron chi connectivity index (χ1n) is 11.9. The minimum absolute atomic E-state index is 4.24. The van der Waals surface area contributed by atoms with Crippen molar-refractivity contribution in [1.29, 1.82) is 0 Å². The molecule has 0 rings (SSSR count). The van der Waals surface area contributed by atoms with E-state index in [0.29, 0.717) is 0 Å². The van der Waals surface area contributed by atoms with Crippen molar-refractivity contribution in [2.24, 2.45) is 0 Å². The van der Waals surface area contributed by atoms with Crippen molar-refractivity contribution >= 4 is 0 Å². The van der Waals surface area contributed by atoms with Crippen LogP contribution < -0.4 is 0 Å². The van der Waals surface area contributed by atoms with Gasteiger partial charge < -0.3 is 0 Å². The summed E-state index contributed by atoms with van der Waals surface area (Å²) < 4.78 is 496. The van der Waals surface area contributed by atoms with Crippen molar-refractivity contribution in [3.8, 4) is 0 Å². The van der Waals surface area contributed by atoms with E-state index < -0.39 is 113 Å². The molecule has 0 amide bonds. The minimum Gasteiger partial charge on any atom is -0.230 e. The van der Waals surface area contributed by atoms with Crippen LogP contribution in [0.15, 0.2) is 0 Å². The summed E-state index contributed by atoms with van der Waals surface area (Å²) in [6.45, 7) is -4.24. The Balaban J connectivity index is 7.86. The number of hydrogen-bond donors (Lipinski definition) is 0. The fourth-order valence-electron chi connectivity index (χ4n) is 3.26. The van der Waals surface area contributed by atoms with Gasteiger partial charge in [0.15, 0.2) is 6.61 Å². The number of hydrogen-bond acceptors (Lipinski definition) is 0. The predicted octanol–water partition coefficient (Wildman–Crippen LogP) is 11.8. The monoisotopic (exact) mass is 949 g/mol. The Labute approximate surface area is 282 Å². The lowest BCUT2D eigenvalue weighted by Crippen LogP contribution is -2.80. The summed E-state index contributed by atoms with van der Waals surface area (Å²) in [5, 5.41) is 9.89. The van der Waals surface area contributed by atoms with Gasteiger partial charge in [-0.15, -0.1) is 0 Å². The Hall–Kier alpha value is -2.63. The van der Waals surface area contributed by atoms with E-state index in [0.717, 1.165) is 0 Å². The molecule has 1 radical (unpaired) electrons. The Morgan fingerprint density at radius 1 is 0.175 bits per heavy atom. The van der Waals surface area contributed by atoms with Crippen LogP contribution >= 0.6 is 0 Å². The Morgan fingerprint density at radius 2 is 0.281 bits per heavy atom. The molecule has 0 aromatic heterocycles. The summed E-state index contributed by atoms with van der Waals surface area (Å²) >= 11 is 0. The van der Waals surface area contributed by atoms with E-state index in [1.165, 1.54) is 0 Å². The molecular weight excluding hydrogens is 947 g/mol. The lowest BCUT2D eigenvalue weighted by molar-refractivity contribution is -0.493. The van der Waals surface area contributed by atoms with Gasteiger partial charge in [0.05, 0.1) is 0 Å². The predicted molar refractivity (Wildman–Crippen MR) is 95.7 cm³/mol. The fraction of sp³-hybridized carbons (Fsp3) is 1.00. The van der Waals surface area contributed by atoms with Crippen LogP contribution in [0.1, 0.15) is 0 Å². The van der Waals surface area contributed by atoms with Crippen LogP contribution in [-0.2, 0) is 5.11 Å². The maximum atomic E-state index is 13.9. The van der Waals surface area contributed by atoms with Crippen LogP contribution in [-0.4, -0.2) is 113 Å². The fourth-order valence-corrected chi connectivity index (χ4v) is 3.26. The molecule has 0 aromatic carbocycles. The molecule has 0 aromatic rings. The highest BCUT2D eigenvalue weighted by Gasteiger charge is 3.02. The van der Waals surface area contributed by atoms with Crippen LogP contribution in [0.3, 0.4) is 0 Å². The first-order valence-corrected chi connectivity index (χ1v) is 11.9. The van der Waals surface area contributed by atoms with E-state index in [9.17, 15) is 168 Å². The maximum Gasteiger partial charge on any atom is 0.460 e. The van der Waals surface area contributed by atoms with E-state index >= 15 is 0 Å². The van der Waals surface area contributed by atoms with Gasteiger partial charge >= 0.3 is 107 Å². The van der Waals surface area contributed by atoms with E-state index in [2.05, 4.69) is 0 Å². The van der Waals surface area contributed by atoms with Crippen molar-refractivity contribution in [3.63, 3.8) is 0 Å². The highest BCUT2D eigenvalue weighted by atomic mass is 19.4. The first-order chi connectivity index (χ1) is 23.8. The highest BCUT2D eigenvalue weighted by Crippen LogP contribution is 2.70. The van der Waals surface area contributed by atoms with Crippen molar-refractivity contribution in [1.82, 2.24) is 0 Å². The minimum atomic E-state index is -10.4. The molecule has 0 saturated carbocycles. The first kappa shape index (κ1) is 54.4. The average molecular weight is 949 g/mol. The Morgan fingerprint density at radius 3 is 0.386 bits per heavy atom. The second-order valence-corrected chi connectivity index (χ2v) is 10.5. The smallest absolute Gasteiger partial charge is 0.230 e. The molecule has 0 bridgehead atoms. The van der Waals surface area contributed by atoms with Crippen LogP contribution in [0, 0.1) is 0 Å². The van der Waals surface area contributed by atoms with E-state index in [1.807, 2.05) is 0 Å². The van der Waals surface area contributed by atoms with Gasteiger partial charge in [-0.25, -0.2) is 5.11 Å². The van der Waals surface area contributed by atoms with Gasteiger partial charge in [0.2, 0.25) is 0 Å². The van der Waals surface area contributed by atoms with Gasteiger partial charge in [-0.1, -0.05) is 0 Å². The Bertz CT molecular complexity index is 1460. The van der Waals surface area contributed by atoms with Gasteiger partial charge in [0, 0.05) is 0 Å². The number of alkyl halides is 37. The zero-order valence-corrected chi connectivity index (χ0v) is 24.1. The molecule has 57 heavy (non-hydrogen) atoms. The van der Waals surface area contributed by atoms with Crippen molar-refractivity contribution < 1.29 is 168 Å². The summed E-state index contributed by atoms with van der Waals surface area (Å²) in [5.41, 5.74) is 0. The van der Waals surface area contributed by atoms with Crippen LogP contribution in [0.4, 0.5) is 162 Å². The summed E-state index contributed by atoms with van der Waals surface area (Å²) in [7, 11) is 0. The molecule has 343 valence electrons. The number of rotatable bonds is 17. The van der Waals surface area contributed by atoms with Crippen molar-refractivity contribution in [2.45, 2.75) is 107 Å². The zero-order valence-electron chi connectivity index (χ0n) is 24.1. The lowest BCUT2D eigenvalue weighted by Gasteiger charge is -2.47. The average Bonchev–Trinajstić information content (AvgIpc) is 2.98. The van der Waals surface area contributed by atoms with Crippen LogP contribution in [0.5, 0.6) is 0 Å². The molecule has 0 spiro atoms. The standard InChI is InChI=1S/C19H2F37O/c20-2(21,1-57)3(22,23)4(24,25)5(26,27)6(28,29)7(30,31)8(32,33)9(34,35)10(36,37)11(38,39)12(40,41)13(42,43)14(44,45)15(46,47)16(48,49)17(50,51)18(52,53)19(54,55)56/h1H2. The van der Waals surface area contributed by atoms with Gasteiger partial charge in [0.1, 0.15) is 0 Å². The third kappa shape index (κ3) is 5.99. The zero-order chi connectivity index (χ0) is 47.7. The molecule has 0 aliphatic rings. The van der Waals surface area contributed by atoms with E-state index in [-0.39, 0.29) is 0 Å². The second kappa shape index (κ2) is 12.9. The number of halogens is 37. The Kier molecular flexibility index (Phi) is 12.3. The molecule has 0 N–H and O–H groups in total. The summed E-state index contributed by atoms with van der Waals surface area (Å²) in [5.74, 6) is -166. The summed E-state index contributed by atoms with van der Waals surface area (Å²) in [6.07, 6.45) is -8.47. The van der Waals surface area contributed by atoms with E-state index in [1.54, 1.807) is 0 Å². The SMILES string of the molecule is [O]CC(F)(F)C(F)(F)C(F)(F)C(F)(F)C(F)(F)C(F)(F)C(F)(F)C(F)(F)C(F)(F)C(F)(F)C(F)(F)C(F)(F)C(F)(F)C(F)(F)C(F)(F)C(F)(F)C(F)(F)C(F)(F)F.